The fourth-order valence-electron chi connectivity index (χ4n) is 4.43. The van der Waals surface area contributed by atoms with Crippen molar-refractivity contribution in [3.8, 4) is 23.0 Å². The molecule has 0 unspecified atom stereocenters. The quantitative estimate of drug-likeness (QED) is 0.258. The molecule has 9 nitrogen and oxygen atoms in total. The second-order valence-corrected chi connectivity index (χ2v) is 9.66. The zero-order valence-corrected chi connectivity index (χ0v) is 24.0. The number of benzene rings is 2. The summed E-state index contributed by atoms with van der Waals surface area (Å²) in [4.78, 5) is 32.2. The molecule has 0 spiro atoms. The van der Waals surface area contributed by atoms with E-state index in [1.807, 2.05) is 19.1 Å². The number of thiazole rings is 1. The minimum atomic E-state index is -0.772. The van der Waals surface area contributed by atoms with E-state index in [4.69, 9.17) is 23.7 Å². The zero-order valence-electron chi connectivity index (χ0n) is 23.2. The highest BCUT2D eigenvalue weighted by Crippen LogP contribution is 2.36. The largest absolute Gasteiger partial charge is 0.493 e. The number of allylic oxidation sites excluding steroid dienone is 1. The van der Waals surface area contributed by atoms with Crippen LogP contribution >= 0.6 is 11.3 Å². The highest BCUT2D eigenvalue weighted by molar-refractivity contribution is 7.07. The molecule has 1 aromatic heterocycles. The van der Waals surface area contributed by atoms with Crippen LogP contribution in [0.2, 0.25) is 0 Å². The molecule has 4 rings (SSSR count). The van der Waals surface area contributed by atoms with E-state index in [1.165, 1.54) is 15.9 Å². The van der Waals surface area contributed by atoms with Gasteiger partial charge in [0.15, 0.2) is 27.8 Å². The van der Waals surface area contributed by atoms with Gasteiger partial charge in [-0.2, -0.15) is 0 Å². The summed E-state index contributed by atoms with van der Waals surface area (Å²) < 4.78 is 29.7. The second kappa shape index (κ2) is 12.7. The Balaban J connectivity index is 1.90. The average molecular weight is 565 g/mol. The van der Waals surface area contributed by atoms with Gasteiger partial charge in [-0.15, -0.1) is 0 Å². The van der Waals surface area contributed by atoms with Crippen molar-refractivity contribution in [1.29, 1.82) is 0 Å². The number of carbonyl (C=O) groups is 1. The van der Waals surface area contributed by atoms with Crippen molar-refractivity contribution >= 4 is 23.4 Å². The maximum Gasteiger partial charge on any atom is 0.338 e. The molecule has 3 aromatic rings. The number of hydrogen-bond donors (Lipinski definition) is 0. The lowest BCUT2D eigenvalue weighted by Gasteiger charge is -2.25. The lowest BCUT2D eigenvalue weighted by Crippen LogP contribution is -2.40. The molecule has 210 valence electrons. The van der Waals surface area contributed by atoms with Gasteiger partial charge in [-0.05, 0) is 62.2 Å². The number of esters is 1. The van der Waals surface area contributed by atoms with Crippen molar-refractivity contribution < 1.29 is 28.5 Å². The smallest absolute Gasteiger partial charge is 0.338 e. The average Bonchev–Trinajstić information content (AvgIpc) is 3.25. The Bertz CT molecular complexity index is 1630. The molecule has 1 aliphatic heterocycles. The molecule has 10 heteroatoms. The molecule has 0 N–H and O–H groups in total. The number of hydrogen-bond acceptors (Lipinski definition) is 9. The van der Waals surface area contributed by atoms with Gasteiger partial charge in [0.05, 0.1) is 49.3 Å². The van der Waals surface area contributed by atoms with Crippen molar-refractivity contribution in [2.75, 3.05) is 34.0 Å². The maximum absolute atomic E-state index is 13.9. The number of aromatic nitrogens is 1. The van der Waals surface area contributed by atoms with Gasteiger partial charge < -0.3 is 23.7 Å². The minimum Gasteiger partial charge on any atom is -0.493 e. The lowest BCUT2D eigenvalue weighted by atomic mass is 9.95. The van der Waals surface area contributed by atoms with Gasteiger partial charge in [0.2, 0.25) is 0 Å². The molecule has 1 atom stereocenters. The first-order chi connectivity index (χ1) is 19.4. The van der Waals surface area contributed by atoms with E-state index in [9.17, 15) is 9.59 Å². The van der Waals surface area contributed by atoms with Gasteiger partial charge in [0.25, 0.3) is 5.56 Å². The van der Waals surface area contributed by atoms with Crippen molar-refractivity contribution in [2.45, 2.75) is 26.8 Å². The second-order valence-electron chi connectivity index (χ2n) is 8.66. The van der Waals surface area contributed by atoms with Crippen molar-refractivity contribution in [3.05, 3.63) is 91.1 Å². The van der Waals surface area contributed by atoms with Crippen LogP contribution in [0.15, 0.2) is 70.1 Å². The van der Waals surface area contributed by atoms with Crippen LogP contribution in [0.1, 0.15) is 37.9 Å². The predicted octanol–water partition coefficient (Wildman–Crippen LogP) is 3.78. The van der Waals surface area contributed by atoms with Gasteiger partial charge in [-0.1, -0.05) is 36.1 Å². The van der Waals surface area contributed by atoms with Crippen LogP contribution in [0, 0.1) is 0 Å². The summed E-state index contributed by atoms with van der Waals surface area (Å²) in [6.45, 7) is 9.97. The summed E-state index contributed by atoms with van der Waals surface area (Å²) in [5.74, 6) is 1.62. The molecule has 0 radical (unpaired) electrons. The van der Waals surface area contributed by atoms with Crippen molar-refractivity contribution in [1.82, 2.24) is 4.57 Å². The maximum atomic E-state index is 13.9. The van der Waals surface area contributed by atoms with Gasteiger partial charge in [-0.25, -0.2) is 9.79 Å². The van der Waals surface area contributed by atoms with E-state index in [0.29, 0.717) is 62.4 Å². The summed E-state index contributed by atoms with van der Waals surface area (Å²) in [5, 5.41) is 0. The van der Waals surface area contributed by atoms with Crippen LogP contribution in [0.3, 0.4) is 0 Å². The molecular formula is C30H32N2O7S. The van der Waals surface area contributed by atoms with Crippen LogP contribution in [-0.2, 0) is 9.53 Å². The lowest BCUT2D eigenvalue weighted by molar-refractivity contribution is -0.139. The molecule has 0 amide bonds. The van der Waals surface area contributed by atoms with E-state index in [-0.39, 0.29) is 12.2 Å². The molecule has 2 aromatic carbocycles. The summed E-state index contributed by atoms with van der Waals surface area (Å²) in [7, 11) is 3.11. The Morgan fingerprint density at radius 1 is 1.02 bits per heavy atom. The van der Waals surface area contributed by atoms with Crippen molar-refractivity contribution in [2.24, 2.45) is 4.99 Å². The van der Waals surface area contributed by atoms with Gasteiger partial charge in [0.1, 0.15) is 6.61 Å². The number of ether oxygens (including phenoxy) is 5. The van der Waals surface area contributed by atoms with Crippen LogP contribution in [0.4, 0.5) is 0 Å². The fourth-order valence-corrected chi connectivity index (χ4v) is 5.48. The zero-order chi connectivity index (χ0) is 28.8. The normalized spacial score (nSPS) is 14.7. The Hall–Kier alpha value is -4.31. The molecule has 40 heavy (non-hydrogen) atoms. The van der Waals surface area contributed by atoms with Crippen LogP contribution < -0.4 is 33.8 Å². The molecular weight excluding hydrogens is 532 g/mol. The van der Waals surface area contributed by atoms with E-state index in [0.717, 1.165) is 5.56 Å². The first-order valence-electron chi connectivity index (χ1n) is 12.8. The molecule has 0 bridgehead atoms. The Kier molecular flexibility index (Phi) is 9.11. The van der Waals surface area contributed by atoms with E-state index in [1.54, 1.807) is 64.5 Å². The number of fused-ring (bicyclic) bond motifs is 1. The summed E-state index contributed by atoms with van der Waals surface area (Å²) >= 11 is 1.24. The van der Waals surface area contributed by atoms with Gasteiger partial charge >= 0.3 is 5.97 Å². The summed E-state index contributed by atoms with van der Waals surface area (Å²) in [6, 6.07) is 10.0. The third-order valence-electron chi connectivity index (χ3n) is 6.16. The minimum absolute atomic E-state index is 0.188. The predicted molar refractivity (Wildman–Crippen MR) is 153 cm³/mol. The third kappa shape index (κ3) is 5.67. The van der Waals surface area contributed by atoms with Gasteiger partial charge in [-0.3, -0.25) is 9.36 Å². The molecule has 2 heterocycles. The number of carbonyl (C=O) groups excluding carboxylic acids is 1. The molecule has 1 aliphatic rings. The monoisotopic (exact) mass is 564 g/mol. The summed E-state index contributed by atoms with van der Waals surface area (Å²) in [5.41, 5.74) is 1.89. The molecule has 0 saturated heterocycles. The Morgan fingerprint density at radius 2 is 1.77 bits per heavy atom. The first kappa shape index (κ1) is 28.7. The standard InChI is InChI=1S/C30H32N2O7S/c1-7-14-39-22-12-10-19(15-23(22)36-6)16-25-28(33)32-27(20-11-13-21(35-5)24(17-20)37-8-2)26(29(34)38-9-3)18(4)31-30(32)40-25/h7,10-13,15-17,27H,1,8-9,14H2,2-6H3/t27-/m1/s1. The van der Waals surface area contributed by atoms with Crippen LogP contribution in [-0.4, -0.2) is 44.6 Å². The van der Waals surface area contributed by atoms with Gasteiger partial charge in [0, 0.05) is 0 Å². The Labute approximate surface area is 236 Å². The van der Waals surface area contributed by atoms with E-state index >= 15 is 0 Å². The molecule has 0 saturated carbocycles. The number of nitrogens with zero attached hydrogens (tertiary/aromatic N) is 2. The molecule has 0 fully saturated rings. The van der Waals surface area contributed by atoms with Crippen molar-refractivity contribution in [3.63, 3.8) is 0 Å². The fraction of sp³-hybridized carbons (Fsp3) is 0.300. The van der Waals surface area contributed by atoms with E-state index < -0.39 is 12.0 Å². The third-order valence-corrected chi connectivity index (χ3v) is 7.15. The summed E-state index contributed by atoms with van der Waals surface area (Å²) in [6.07, 6.45) is 3.42. The van der Waals surface area contributed by atoms with E-state index in [2.05, 4.69) is 11.6 Å². The number of rotatable bonds is 11. The Morgan fingerprint density at radius 3 is 2.45 bits per heavy atom. The molecule has 0 aliphatic carbocycles. The topological polar surface area (TPSA) is 97.6 Å². The SMILES string of the molecule is C=CCOc1ccc(C=c2sc3n(c2=O)[C@H](c2ccc(OC)c(OCC)c2)C(C(=O)OCC)=C(C)N=3)cc1OC. The highest BCUT2D eigenvalue weighted by atomic mass is 32.1. The highest BCUT2D eigenvalue weighted by Gasteiger charge is 2.34. The van der Waals surface area contributed by atoms with Crippen LogP contribution in [0.5, 0.6) is 23.0 Å². The first-order valence-corrected chi connectivity index (χ1v) is 13.6. The van der Waals surface area contributed by atoms with Crippen LogP contribution in [0.25, 0.3) is 6.08 Å². The number of methoxy groups -OCH3 is 2.